The summed E-state index contributed by atoms with van der Waals surface area (Å²) in [6.07, 6.45) is -3.20. The fourth-order valence-corrected chi connectivity index (χ4v) is 2.68. The number of amides is 2. The number of hydrogen-bond donors (Lipinski definition) is 5. The molecule has 0 aliphatic carbocycles. The molecule has 1 aliphatic rings. The van der Waals surface area contributed by atoms with Crippen LogP contribution in [0.25, 0.3) is 0 Å². The molecule has 2 rings (SSSR count). The van der Waals surface area contributed by atoms with Gasteiger partial charge in [-0.15, -0.1) is 13.2 Å². The summed E-state index contributed by atoms with van der Waals surface area (Å²) in [5, 5.41) is 15.1. The number of nitrogens with one attached hydrogen (secondary N) is 5. The molecule has 0 aromatic heterocycles. The molecule has 1 aromatic rings. The minimum atomic E-state index is -4.75. The van der Waals surface area contributed by atoms with Crippen molar-refractivity contribution in [3.63, 3.8) is 0 Å². The first-order valence-electron chi connectivity index (χ1n) is 9.02. The van der Waals surface area contributed by atoms with Crippen LogP contribution in [0.2, 0.25) is 0 Å². The van der Waals surface area contributed by atoms with Gasteiger partial charge >= 0.3 is 12.4 Å². The SMILES string of the molecule is CN(C)CCCNC1CCNC(NC(=O)Nc2ccc(OC(F)(F)F)cc2)N1. The lowest BCUT2D eigenvalue weighted by molar-refractivity contribution is -0.274. The normalized spacial score (nSPS) is 20.1. The van der Waals surface area contributed by atoms with Crippen molar-refractivity contribution in [1.82, 2.24) is 26.2 Å². The third-order valence-electron chi connectivity index (χ3n) is 3.94. The first-order chi connectivity index (χ1) is 13.2. The summed E-state index contributed by atoms with van der Waals surface area (Å²) in [6, 6.07) is 4.44. The second-order valence-electron chi connectivity index (χ2n) is 6.68. The summed E-state index contributed by atoms with van der Waals surface area (Å²) in [5.41, 5.74) is 0.348. The van der Waals surface area contributed by atoms with E-state index in [0.717, 1.165) is 44.6 Å². The van der Waals surface area contributed by atoms with Crippen molar-refractivity contribution in [2.24, 2.45) is 0 Å². The van der Waals surface area contributed by atoms with E-state index < -0.39 is 18.7 Å². The topological polar surface area (TPSA) is 89.7 Å². The highest BCUT2D eigenvalue weighted by Gasteiger charge is 2.31. The molecule has 2 atom stereocenters. The zero-order valence-electron chi connectivity index (χ0n) is 15.9. The number of nitrogens with zero attached hydrogens (tertiary/aromatic N) is 1. The quantitative estimate of drug-likeness (QED) is 0.422. The molecule has 1 heterocycles. The zero-order valence-corrected chi connectivity index (χ0v) is 15.9. The Hall–Kier alpha value is -2.08. The van der Waals surface area contributed by atoms with Crippen LogP contribution in [0.4, 0.5) is 23.7 Å². The van der Waals surface area contributed by atoms with Crippen LogP contribution in [0.3, 0.4) is 0 Å². The smallest absolute Gasteiger partial charge is 0.406 e. The largest absolute Gasteiger partial charge is 0.573 e. The van der Waals surface area contributed by atoms with Crippen molar-refractivity contribution in [2.75, 3.05) is 39.0 Å². The molecular formula is C17H27F3N6O2. The van der Waals surface area contributed by atoms with Gasteiger partial charge in [0.15, 0.2) is 0 Å². The number of carbonyl (C=O) groups excluding carboxylic acids is 1. The minimum absolute atomic E-state index is 0.0764. The van der Waals surface area contributed by atoms with Crippen LogP contribution in [0.5, 0.6) is 5.75 Å². The van der Waals surface area contributed by atoms with Crippen molar-refractivity contribution in [3.8, 4) is 5.75 Å². The fourth-order valence-electron chi connectivity index (χ4n) is 2.68. The fraction of sp³-hybridized carbons (Fsp3) is 0.588. The number of carbonyl (C=O) groups is 1. The number of halogens is 3. The Labute approximate surface area is 162 Å². The molecule has 5 N–H and O–H groups in total. The summed E-state index contributed by atoms with van der Waals surface area (Å²) >= 11 is 0. The maximum Gasteiger partial charge on any atom is 0.573 e. The number of anilines is 1. The lowest BCUT2D eigenvalue weighted by atomic mass is 10.2. The molecule has 2 unspecified atom stereocenters. The van der Waals surface area contributed by atoms with Crippen LogP contribution < -0.4 is 31.3 Å². The highest BCUT2D eigenvalue weighted by molar-refractivity contribution is 5.89. The molecule has 1 aromatic carbocycles. The molecule has 0 spiro atoms. The summed E-state index contributed by atoms with van der Waals surface area (Å²) < 4.78 is 40.3. The van der Waals surface area contributed by atoms with Crippen molar-refractivity contribution in [3.05, 3.63) is 24.3 Å². The number of hydrogen-bond acceptors (Lipinski definition) is 6. The highest BCUT2D eigenvalue weighted by atomic mass is 19.4. The van der Waals surface area contributed by atoms with Crippen LogP contribution in [-0.2, 0) is 0 Å². The predicted molar refractivity (Wildman–Crippen MR) is 99.8 cm³/mol. The molecule has 2 amide bonds. The van der Waals surface area contributed by atoms with Gasteiger partial charge < -0.3 is 25.6 Å². The average Bonchev–Trinajstić information content (AvgIpc) is 2.59. The third-order valence-corrected chi connectivity index (χ3v) is 3.94. The van der Waals surface area contributed by atoms with Gasteiger partial charge in [-0.05, 0) is 64.3 Å². The lowest BCUT2D eigenvalue weighted by Crippen LogP contribution is -2.65. The van der Waals surface area contributed by atoms with E-state index in [9.17, 15) is 18.0 Å². The second kappa shape index (κ2) is 10.5. The number of rotatable bonds is 8. The Bertz CT molecular complexity index is 612. The van der Waals surface area contributed by atoms with Gasteiger partial charge in [0.2, 0.25) is 0 Å². The Morgan fingerprint density at radius 2 is 2.00 bits per heavy atom. The first kappa shape index (κ1) is 22.2. The van der Waals surface area contributed by atoms with E-state index in [-0.39, 0.29) is 11.9 Å². The van der Waals surface area contributed by atoms with Gasteiger partial charge in [-0.3, -0.25) is 10.6 Å². The first-order valence-corrected chi connectivity index (χ1v) is 9.02. The molecule has 0 saturated carbocycles. The van der Waals surface area contributed by atoms with E-state index in [1.807, 2.05) is 14.1 Å². The Balaban J connectivity index is 1.73. The maximum atomic E-state index is 12.2. The van der Waals surface area contributed by atoms with Gasteiger partial charge in [-0.25, -0.2) is 4.79 Å². The molecule has 28 heavy (non-hydrogen) atoms. The van der Waals surface area contributed by atoms with Gasteiger partial charge in [-0.2, -0.15) is 0 Å². The van der Waals surface area contributed by atoms with Gasteiger partial charge in [0.05, 0.1) is 6.17 Å². The third kappa shape index (κ3) is 8.74. The van der Waals surface area contributed by atoms with Gasteiger partial charge in [0.25, 0.3) is 0 Å². The van der Waals surface area contributed by atoms with Crippen molar-refractivity contribution >= 4 is 11.7 Å². The Kier molecular flexibility index (Phi) is 8.30. The number of ether oxygens (including phenoxy) is 1. The second-order valence-corrected chi connectivity index (χ2v) is 6.68. The van der Waals surface area contributed by atoms with E-state index in [1.165, 1.54) is 12.1 Å². The van der Waals surface area contributed by atoms with Crippen LogP contribution in [0.1, 0.15) is 12.8 Å². The molecule has 0 radical (unpaired) electrons. The van der Waals surface area contributed by atoms with E-state index in [1.54, 1.807) is 0 Å². The standard InChI is InChI=1S/C17H27F3N6O2/c1-26(2)11-3-9-21-14-8-10-22-15(24-14)25-16(27)23-12-4-6-13(7-5-12)28-17(18,19)20/h4-7,14-15,21-22,24H,3,8-11H2,1-2H3,(H2,23,25,27). The van der Waals surface area contributed by atoms with E-state index in [2.05, 4.69) is 36.2 Å². The number of alkyl halides is 3. The van der Waals surface area contributed by atoms with Crippen molar-refractivity contribution in [1.29, 1.82) is 0 Å². The molecular weight excluding hydrogens is 377 g/mol. The van der Waals surface area contributed by atoms with Crippen molar-refractivity contribution < 1.29 is 22.7 Å². The summed E-state index contributed by atoms with van der Waals surface area (Å²) in [6.45, 7) is 2.59. The summed E-state index contributed by atoms with van der Waals surface area (Å²) in [7, 11) is 4.05. The van der Waals surface area contributed by atoms with Gasteiger partial charge in [-0.1, -0.05) is 0 Å². The molecule has 158 valence electrons. The van der Waals surface area contributed by atoms with Gasteiger partial charge in [0.1, 0.15) is 12.0 Å². The monoisotopic (exact) mass is 404 g/mol. The predicted octanol–water partition coefficient (Wildman–Crippen LogP) is 1.44. The average molecular weight is 404 g/mol. The molecule has 1 fully saturated rings. The highest BCUT2D eigenvalue weighted by Crippen LogP contribution is 2.23. The van der Waals surface area contributed by atoms with Gasteiger partial charge in [0, 0.05) is 12.2 Å². The Morgan fingerprint density at radius 3 is 2.64 bits per heavy atom. The zero-order chi connectivity index (χ0) is 20.6. The van der Waals surface area contributed by atoms with Crippen molar-refractivity contribution in [2.45, 2.75) is 31.7 Å². The molecule has 1 aliphatic heterocycles. The van der Waals surface area contributed by atoms with E-state index in [4.69, 9.17) is 0 Å². The van der Waals surface area contributed by atoms with Crippen LogP contribution in [0.15, 0.2) is 24.3 Å². The molecule has 11 heteroatoms. The van der Waals surface area contributed by atoms with Crippen LogP contribution in [0, 0.1) is 0 Å². The number of urea groups is 1. The molecule has 0 bridgehead atoms. The Morgan fingerprint density at radius 1 is 1.29 bits per heavy atom. The summed E-state index contributed by atoms with van der Waals surface area (Å²) in [5.74, 6) is -0.350. The van der Waals surface area contributed by atoms with E-state index >= 15 is 0 Å². The van der Waals surface area contributed by atoms with E-state index in [0.29, 0.717) is 5.69 Å². The molecule has 8 nitrogen and oxygen atoms in total. The summed E-state index contributed by atoms with van der Waals surface area (Å²) in [4.78, 5) is 14.2. The van der Waals surface area contributed by atoms with Crippen LogP contribution in [-0.4, -0.2) is 63.5 Å². The number of benzene rings is 1. The van der Waals surface area contributed by atoms with Crippen LogP contribution >= 0.6 is 0 Å². The minimum Gasteiger partial charge on any atom is -0.406 e. The molecule has 1 saturated heterocycles. The lowest BCUT2D eigenvalue weighted by Gasteiger charge is -2.33. The maximum absolute atomic E-state index is 12.2.